The number of ketones is 3. The highest BCUT2D eigenvalue weighted by Crippen LogP contribution is 1.95. The Hall–Kier alpha value is -2.74. The SMILES string of the molecule is CC(=O)CC(=O)OCCOCCN(CCOCCOC(=O)CC(C)=O)CCOCCOC(=O)CC(C)=O. The van der Waals surface area contributed by atoms with Crippen molar-refractivity contribution < 1.29 is 57.2 Å². The fraction of sp³-hybridized carbons (Fsp3) is 0.750. The molecule has 0 atom stereocenters. The molecule has 0 heterocycles. The summed E-state index contributed by atoms with van der Waals surface area (Å²) < 4.78 is 31.1. The van der Waals surface area contributed by atoms with E-state index >= 15 is 0 Å². The van der Waals surface area contributed by atoms with Crippen molar-refractivity contribution in [1.29, 1.82) is 0 Å². The highest BCUT2D eigenvalue weighted by Gasteiger charge is 2.09. The Balaban J connectivity index is 4.20. The zero-order valence-electron chi connectivity index (χ0n) is 22.0. The predicted octanol–water partition coefficient (Wildman–Crippen LogP) is -0.0949. The smallest absolute Gasteiger partial charge is 0.313 e. The fourth-order valence-electron chi connectivity index (χ4n) is 2.63. The number of Topliss-reactive ketones (excluding diaryl/α,β-unsaturated/α-hetero) is 3. The lowest BCUT2D eigenvalue weighted by Gasteiger charge is -2.22. The van der Waals surface area contributed by atoms with Crippen molar-refractivity contribution in [3.05, 3.63) is 0 Å². The molecule has 0 rings (SSSR count). The van der Waals surface area contributed by atoms with Crippen LogP contribution in [0.2, 0.25) is 0 Å². The van der Waals surface area contributed by atoms with Crippen LogP contribution in [0, 0.1) is 0 Å². The summed E-state index contributed by atoms with van der Waals surface area (Å²) in [6.07, 6.45) is -0.793. The average molecular weight is 534 g/mol. The van der Waals surface area contributed by atoms with E-state index in [0.29, 0.717) is 39.5 Å². The van der Waals surface area contributed by atoms with Crippen LogP contribution >= 0.6 is 0 Å². The molecule has 37 heavy (non-hydrogen) atoms. The van der Waals surface area contributed by atoms with Gasteiger partial charge in [-0.25, -0.2) is 0 Å². The summed E-state index contributed by atoms with van der Waals surface area (Å²) in [7, 11) is 0. The van der Waals surface area contributed by atoms with Gasteiger partial charge in [0.1, 0.15) is 56.4 Å². The number of carbonyl (C=O) groups excluding carboxylic acids is 6. The highest BCUT2D eigenvalue weighted by atomic mass is 16.6. The first-order valence-electron chi connectivity index (χ1n) is 12.0. The van der Waals surface area contributed by atoms with E-state index in [2.05, 4.69) is 0 Å². The second-order valence-corrected chi connectivity index (χ2v) is 7.98. The van der Waals surface area contributed by atoms with Crippen LogP contribution in [-0.2, 0) is 57.2 Å². The number of esters is 3. The molecule has 13 nitrogen and oxygen atoms in total. The molecule has 0 spiro atoms. The van der Waals surface area contributed by atoms with E-state index in [-0.39, 0.29) is 76.3 Å². The summed E-state index contributed by atoms with van der Waals surface area (Å²) in [6.45, 7) is 7.20. The van der Waals surface area contributed by atoms with E-state index in [1.54, 1.807) is 0 Å². The molecule has 0 saturated carbocycles. The maximum absolute atomic E-state index is 11.3. The van der Waals surface area contributed by atoms with Crippen molar-refractivity contribution in [2.24, 2.45) is 0 Å². The molecule has 0 aliphatic rings. The molecular weight excluding hydrogens is 494 g/mol. The van der Waals surface area contributed by atoms with Gasteiger partial charge in [0, 0.05) is 19.6 Å². The van der Waals surface area contributed by atoms with E-state index in [0.717, 1.165) is 0 Å². The third-order valence-electron chi connectivity index (χ3n) is 4.31. The molecule has 0 aromatic carbocycles. The minimum absolute atomic E-state index is 0.0447. The lowest BCUT2D eigenvalue weighted by atomic mass is 10.3. The maximum Gasteiger partial charge on any atom is 0.313 e. The van der Waals surface area contributed by atoms with E-state index in [1.807, 2.05) is 4.90 Å². The minimum atomic E-state index is -0.592. The van der Waals surface area contributed by atoms with E-state index < -0.39 is 17.9 Å². The number of ether oxygens (including phenoxy) is 6. The predicted molar refractivity (Wildman–Crippen MR) is 128 cm³/mol. The summed E-state index contributed by atoms with van der Waals surface area (Å²) in [5.74, 6) is -2.58. The summed E-state index contributed by atoms with van der Waals surface area (Å²) in [5.41, 5.74) is 0. The van der Waals surface area contributed by atoms with Crippen molar-refractivity contribution in [1.82, 2.24) is 4.90 Å². The zero-order valence-corrected chi connectivity index (χ0v) is 22.0. The number of rotatable bonds is 24. The van der Waals surface area contributed by atoms with Gasteiger partial charge in [-0.1, -0.05) is 0 Å². The molecule has 212 valence electrons. The average Bonchev–Trinajstić information content (AvgIpc) is 2.78. The largest absolute Gasteiger partial charge is 0.463 e. The Bertz CT molecular complexity index is 629. The quantitative estimate of drug-likeness (QED) is 0.0701. The van der Waals surface area contributed by atoms with Crippen LogP contribution in [0.25, 0.3) is 0 Å². The first-order valence-corrected chi connectivity index (χ1v) is 12.0. The van der Waals surface area contributed by atoms with Gasteiger partial charge in [-0.3, -0.25) is 33.7 Å². The fourth-order valence-corrected chi connectivity index (χ4v) is 2.63. The lowest BCUT2D eigenvalue weighted by molar-refractivity contribution is -0.148. The molecule has 0 saturated heterocycles. The summed E-state index contributed by atoms with van der Waals surface area (Å²) in [6, 6.07) is 0. The molecule has 0 aromatic rings. The van der Waals surface area contributed by atoms with Crippen molar-refractivity contribution in [2.75, 3.05) is 79.1 Å². The van der Waals surface area contributed by atoms with E-state index in [4.69, 9.17) is 28.4 Å². The highest BCUT2D eigenvalue weighted by molar-refractivity contribution is 5.95. The van der Waals surface area contributed by atoms with Crippen LogP contribution in [0.5, 0.6) is 0 Å². The van der Waals surface area contributed by atoms with Gasteiger partial charge >= 0.3 is 17.9 Å². The number of nitrogens with zero attached hydrogens (tertiary/aromatic N) is 1. The third-order valence-corrected chi connectivity index (χ3v) is 4.31. The molecule has 0 aromatic heterocycles. The lowest BCUT2D eigenvalue weighted by Crippen LogP contribution is -2.34. The van der Waals surface area contributed by atoms with Crippen LogP contribution in [0.15, 0.2) is 0 Å². The van der Waals surface area contributed by atoms with Crippen LogP contribution in [-0.4, -0.2) is 119 Å². The molecule has 0 aliphatic heterocycles. The summed E-state index contributed by atoms with van der Waals surface area (Å²) >= 11 is 0. The van der Waals surface area contributed by atoms with Crippen molar-refractivity contribution in [3.63, 3.8) is 0 Å². The Labute approximate surface area is 217 Å². The van der Waals surface area contributed by atoms with E-state index in [9.17, 15) is 28.8 Å². The van der Waals surface area contributed by atoms with Gasteiger partial charge in [-0.2, -0.15) is 0 Å². The number of hydrogen-bond acceptors (Lipinski definition) is 13. The standard InChI is InChI=1S/C24H39NO12/c1-19(26)16-22(29)35-13-10-32-7-4-25(5-8-33-11-14-36-23(30)17-20(2)27)6-9-34-12-15-37-24(31)18-21(3)28/h4-18H2,1-3H3. The van der Waals surface area contributed by atoms with Gasteiger partial charge in [0.05, 0.1) is 39.6 Å². The van der Waals surface area contributed by atoms with Crippen LogP contribution in [0.4, 0.5) is 0 Å². The molecule has 0 unspecified atom stereocenters. The van der Waals surface area contributed by atoms with Gasteiger partial charge in [0.25, 0.3) is 0 Å². The van der Waals surface area contributed by atoms with Gasteiger partial charge in [-0.15, -0.1) is 0 Å². The van der Waals surface area contributed by atoms with Crippen molar-refractivity contribution in [3.8, 4) is 0 Å². The zero-order chi connectivity index (χ0) is 27.9. The van der Waals surface area contributed by atoms with Crippen LogP contribution < -0.4 is 0 Å². The molecule has 0 fully saturated rings. The Morgan fingerprint density at radius 2 is 0.703 bits per heavy atom. The number of carbonyl (C=O) groups is 6. The second kappa shape index (κ2) is 22.5. The Kier molecular flexibility index (Phi) is 20.8. The van der Waals surface area contributed by atoms with E-state index in [1.165, 1.54) is 20.8 Å². The molecule has 13 heteroatoms. The molecule has 0 radical (unpaired) electrons. The first-order chi connectivity index (χ1) is 17.6. The molecule has 0 amide bonds. The third kappa shape index (κ3) is 24.7. The molecular formula is C24H39NO12. The van der Waals surface area contributed by atoms with Gasteiger partial charge in [-0.05, 0) is 20.8 Å². The first kappa shape index (κ1) is 34.3. The topological polar surface area (TPSA) is 161 Å². The minimum Gasteiger partial charge on any atom is -0.463 e. The molecule has 0 aliphatic carbocycles. The Morgan fingerprint density at radius 3 is 0.946 bits per heavy atom. The monoisotopic (exact) mass is 533 g/mol. The van der Waals surface area contributed by atoms with Gasteiger partial charge in [0.2, 0.25) is 0 Å². The van der Waals surface area contributed by atoms with Crippen LogP contribution in [0.1, 0.15) is 40.0 Å². The summed E-state index contributed by atoms with van der Waals surface area (Å²) in [4.78, 5) is 68.6. The van der Waals surface area contributed by atoms with Crippen LogP contribution in [0.3, 0.4) is 0 Å². The number of hydrogen-bond donors (Lipinski definition) is 0. The van der Waals surface area contributed by atoms with Crippen molar-refractivity contribution >= 4 is 35.3 Å². The normalized spacial score (nSPS) is 10.7. The second-order valence-electron chi connectivity index (χ2n) is 7.98. The van der Waals surface area contributed by atoms with Crippen molar-refractivity contribution in [2.45, 2.75) is 40.0 Å². The van der Waals surface area contributed by atoms with Gasteiger partial charge in [0.15, 0.2) is 0 Å². The molecule has 0 N–H and O–H groups in total. The Morgan fingerprint density at radius 1 is 0.432 bits per heavy atom. The summed E-state index contributed by atoms with van der Waals surface area (Å²) in [5, 5.41) is 0. The molecule has 0 bridgehead atoms. The maximum atomic E-state index is 11.3. The van der Waals surface area contributed by atoms with Gasteiger partial charge < -0.3 is 28.4 Å².